The van der Waals surface area contributed by atoms with E-state index in [9.17, 15) is 29.7 Å². The summed E-state index contributed by atoms with van der Waals surface area (Å²) in [6, 6.07) is 0. The van der Waals surface area contributed by atoms with E-state index in [1.54, 1.807) is 12.2 Å². The fourth-order valence-electron chi connectivity index (χ4n) is 6.05. The molecule has 5 atom stereocenters. The molecule has 0 spiro atoms. The third-order valence-electron chi connectivity index (χ3n) is 8.89. The van der Waals surface area contributed by atoms with Gasteiger partial charge in [-0.05, 0) is 37.5 Å². The number of rotatable bonds is 28. The quantitative estimate of drug-likeness (QED) is 0.0459. The number of esters is 2. The maximum Gasteiger partial charge on any atom is 0.306 e. The number of unbranched alkanes of at least 4 members (excludes halogenated alkanes) is 12. The minimum atomic E-state index is -0.840. The number of hydrogen-bond acceptors (Lipinski definition) is 8. The zero-order valence-electron chi connectivity index (χ0n) is 28.8. The second kappa shape index (κ2) is 26.3. The highest BCUT2D eigenvalue weighted by molar-refractivity contribution is 5.86. The Hall–Kier alpha value is -1.77. The summed E-state index contributed by atoms with van der Waals surface area (Å²) in [6.45, 7) is 6.11. The van der Waals surface area contributed by atoms with Crippen LogP contribution in [0.2, 0.25) is 0 Å². The van der Waals surface area contributed by atoms with Crippen molar-refractivity contribution in [3.63, 3.8) is 0 Å². The van der Waals surface area contributed by atoms with Gasteiger partial charge < -0.3 is 24.8 Å². The number of aliphatic hydroxyl groups is 3. The number of allylic oxidation sites excluding steroid dienone is 1. The minimum Gasteiger partial charge on any atom is -0.462 e. The minimum absolute atomic E-state index is 0.0349. The molecule has 0 aliphatic heterocycles. The molecule has 8 heteroatoms. The zero-order chi connectivity index (χ0) is 33.3. The zero-order valence-corrected chi connectivity index (χ0v) is 28.8. The average Bonchev–Trinajstić information content (AvgIpc) is 3.27. The van der Waals surface area contributed by atoms with Crippen molar-refractivity contribution in [1.29, 1.82) is 0 Å². The van der Waals surface area contributed by atoms with Gasteiger partial charge in [0.25, 0.3) is 0 Å². The van der Waals surface area contributed by atoms with Crippen LogP contribution >= 0.6 is 0 Å². The molecule has 0 amide bonds. The van der Waals surface area contributed by atoms with E-state index in [0.29, 0.717) is 19.3 Å². The first-order chi connectivity index (χ1) is 21.7. The Bertz CT molecular complexity index is 810. The molecule has 0 aromatic heterocycles. The molecule has 0 heterocycles. The van der Waals surface area contributed by atoms with Crippen LogP contribution in [-0.2, 0) is 23.9 Å². The third-order valence-corrected chi connectivity index (χ3v) is 8.89. The fraction of sp³-hybridized carbons (Fsp3) is 0.865. The summed E-state index contributed by atoms with van der Waals surface area (Å²) in [5, 5.41) is 30.1. The molecule has 262 valence electrons. The molecule has 0 saturated heterocycles. The van der Waals surface area contributed by atoms with E-state index in [1.807, 2.05) is 0 Å². The topological polar surface area (TPSA) is 130 Å². The van der Waals surface area contributed by atoms with Gasteiger partial charge in [0.15, 0.2) is 6.10 Å². The summed E-state index contributed by atoms with van der Waals surface area (Å²) in [5.41, 5.74) is 0. The van der Waals surface area contributed by atoms with Crippen molar-refractivity contribution in [2.45, 2.75) is 174 Å². The summed E-state index contributed by atoms with van der Waals surface area (Å²) < 4.78 is 10.5. The lowest BCUT2D eigenvalue weighted by atomic mass is 9.88. The van der Waals surface area contributed by atoms with Crippen LogP contribution in [-0.4, -0.2) is 64.6 Å². The van der Waals surface area contributed by atoms with Crippen LogP contribution in [0.15, 0.2) is 12.2 Å². The molecule has 0 bridgehead atoms. The van der Waals surface area contributed by atoms with Gasteiger partial charge in [-0.3, -0.25) is 14.4 Å². The van der Waals surface area contributed by atoms with Crippen molar-refractivity contribution in [1.82, 2.24) is 0 Å². The highest BCUT2D eigenvalue weighted by atomic mass is 16.6. The van der Waals surface area contributed by atoms with E-state index in [2.05, 4.69) is 20.8 Å². The van der Waals surface area contributed by atoms with E-state index in [-0.39, 0.29) is 55.6 Å². The molecule has 0 radical (unpaired) electrons. The Morgan fingerprint density at radius 3 is 2.04 bits per heavy atom. The van der Waals surface area contributed by atoms with Crippen LogP contribution in [0.5, 0.6) is 0 Å². The van der Waals surface area contributed by atoms with Crippen molar-refractivity contribution in [2.75, 3.05) is 13.2 Å². The standard InChI is InChI=1S/C37H66O8/c1-4-5-14-20-30(39)24-25-33-32(34(40)26-35(33)41)21-16-12-13-17-22-36(42)44-28-31(27-38)45-37(43)23-18-11-9-7-6-8-10-15-19-29(2)3/h24-25,29-34,38-40H,4-23,26-28H2,1-3H3/b25-24+/t30-,31-,32+,33+,34-/m0/s1. The Kier molecular flexibility index (Phi) is 24.1. The molecular weight excluding hydrogens is 572 g/mol. The molecule has 1 fully saturated rings. The van der Waals surface area contributed by atoms with E-state index >= 15 is 0 Å². The molecule has 0 aromatic rings. The molecule has 0 unspecified atom stereocenters. The summed E-state index contributed by atoms with van der Waals surface area (Å²) in [4.78, 5) is 36.7. The van der Waals surface area contributed by atoms with Crippen molar-refractivity contribution in [2.24, 2.45) is 17.8 Å². The SMILES string of the molecule is CCCCC[C@H](O)/C=C/[C@H]1C(=O)C[C@H](O)[C@@H]1CCCCCCC(=O)OC[C@H](CO)OC(=O)CCCCCCCCCCC(C)C. The van der Waals surface area contributed by atoms with E-state index in [1.165, 1.54) is 38.5 Å². The molecular formula is C37H66O8. The third kappa shape index (κ3) is 20.9. The van der Waals surface area contributed by atoms with Crippen LogP contribution in [0.4, 0.5) is 0 Å². The predicted molar refractivity (Wildman–Crippen MR) is 179 cm³/mol. The van der Waals surface area contributed by atoms with Crippen molar-refractivity contribution < 1.29 is 39.2 Å². The van der Waals surface area contributed by atoms with Crippen LogP contribution in [0.1, 0.15) is 156 Å². The van der Waals surface area contributed by atoms with Gasteiger partial charge >= 0.3 is 11.9 Å². The van der Waals surface area contributed by atoms with Gasteiger partial charge in [-0.15, -0.1) is 0 Å². The Balaban J connectivity index is 2.14. The molecule has 1 saturated carbocycles. The summed E-state index contributed by atoms with van der Waals surface area (Å²) in [6.07, 6.45) is 20.4. The van der Waals surface area contributed by atoms with Gasteiger partial charge in [-0.1, -0.05) is 123 Å². The lowest BCUT2D eigenvalue weighted by molar-refractivity contribution is -0.161. The monoisotopic (exact) mass is 638 g/mol. The Morgan fingerprint density at radius 1 is 0.844 bits per heavy atom. The smallest absolute Gasteiger partial charge is 0.306 e. The lowest BCUT2D eigenvalue weighted by Crippen LogP contribution is -2.28. The van der Waals surface area contributed by atoms with Gasteiger partial charge in [0, 0.05) is 25.2 Å². The number of aliphatic hydroxyl groups excluding tert-OH is 3. The summed E-state index contributed by atoms with van der Waals surface area (Å²) in [7, 11) is 0. The first-order valence-electron chi connectivity index (χ1n) is 18.2. The number of Topliss-reactive ketones (excluding diaryl/α,β-unsaturated/α-hetero) is 1. The van der Waals surface area contributed by atoms with Crippen molar-refractivity contribution >= 4 is 17.7 Å². The highest BCUT2D eigenvalue weighted by Gasteiger charge is 2.39. The normalized spacial score (nSPS) is 19.8. The van der Waals surface area contributed by atoms with Crippen molar-refractivity contribution in [3.8, 4) is 0 Å². The maximum atomic E-state index is 12.4. The first kappa shape index (κ1) is 41.3. The Labute approximate surface area is 273 Å². The second-order valence-electron chi connectivity index (χ2n) is 13.6. The molecule has 0 aromatic carbocycles. The van der Waals surface area contributed by atoms with Crippen LogP contribution in [0.25, 0.3) is 0 Å². The summed E-state index contributed by atoms with van der Waals surface area (Å²) in [5.74, 6) is -0.403. The number of hydrogen-bond donors (Lipinski definition) is 3. The van der Waals surface area contributed by atoms with Gasteiger partial charge in [0.2, 0.25) is 0 Å². The van der Waals surface area contributed by atoms with Crippen LogP contribution in [0, 0.1) is 17.8 Å². The molecule has 3 N–H and O–H groups in total. The molecule has 1 aliphatic carbocycles. The highest BCUT2D eigenvalue weighted by Crippen LogP contribution is 2.34. The lowest BCUT2D eigenvalue weighted by Gasteiger charge is -2.19. The van der Waals surface area contributed by atoms with E-state index < -0.39 is 18.3 Å². The van der Waals surface area contributed by atoms with Gasteiger partial charge in [0.1, 0.15) is 12.4 Å². The van der Waals surface area contributed by atoms with Gasteiger partial charge in [0.05, 0.1) is 18.8 Å². The predicted octanol–water partition coefficient (Wildman–Crippen LogP) is 7.39. The number of carbonyl (C=O) groups is 3. The van der Waals surface area contributed by atoms with Gasteiger partial charge in [-0.2, -0.15) is 0 Å². The molecule has 1 aliphatic rings. The van der Waals surface area contributed by atoms with E-state index in [4.69, 9.17) is 9.47 Å². The average molecular weight is 639 g/mol. The summed E-state index contributed by atoms with van der Waals surface area (Å²) >= 11 is 0. The second-order valence-corrected chi connectivity index (χ2v) is 13.6. The Morgan fingerprint density at radius 2 is 1.42 bits per heavy atom. The van der Waals surface area contributed by atoms with Gasteiger partial charge in [-0.25, -0.2) is 0 Å². The fourth-order valence-corrected chi connectivity index (χ4v) is 6.05. The number of carbonyl (C=O) groups excluding carboxylic acids is 3. The van der Waals surface area contributed by atoms with Crippen LogP contribution < -0.4 is 0 Å². The first-order valence-corrected chi connectivity index (χ1v) is 18.2. The number of ketones is 1. The van der Waals surface area contributed by atoms with Crippen molar-refractivity contribution in [3.05, 3.63) is 12.2 Å². The molecule has 1 rings (SSSR count). The number of ether oxygens (including phenoxy) is 2. The molecule has 8 nitrogen and oxygen atoms in total. The van der Waals surface area contributed by atoms with E-state index in [0.717, 1.165) is 70.1 Å². The maximum absolute atomic E-state index is 12.4. The molecule has 45 heavy (non-hydrogen) atoms. The van der Waals surface area contributed by atoms with Crippen LogP contribution in [0.3, 0.4) is 0 Å². The largest absolute Gasteiger partial charge is 0.462 e.